The molecule has 6 nitrogen and oxygen atoms in total. The number of nitrogens with one attached hydrogen (secondary N) is 1. The SMILES string of the molecule is Cc1ccc([N+](=O)[O-])c(C(=O)NCC(CCO)c2ccccc2)c1. The molecule has 0 saturated heterocycles. The Hall–Kier alpha value is -2.73. The van der Waals surface area contributed by atoms with E-state index in [-0.39, 0.29) is 23.8 Å². The van der Waals surface area contributed by atoms with Gasteiger partial charge in [0.1, 0.15) is 5.56 Å². The first-order valence-corrected chi connectivity index (χ1v) is 7.72. The maximum Gasteiger partial charge on any atom is 0.282 e. The van der Waals surface area contributed by atoms with E-state index in [1.54, 1.807) is 13.0 Å². The molecule has 0 radical (unpaired) electrons. The van der Waals surface area contributed by atoms with Crippen LogP contribution in [0, 0.1) is 17.0 Å². The van der Waals surface area contributed by atoms with Gasteiger partial charge in [0.15, 0.2) is 0 Å². The number of nitro groups is 1. The van der Waals surface area contributed by atoms with Gasteiger partial charge < -0.3 is 10.4 Å². The molecule has 2 aromatic carbocycles. The minimum atomic E-state index is -0.559. The fourth-order valence-electron chi connectivity index (χ4n) is 2.57. The lowest BCUT2D eigenvalue weighted by Gasteiger charge is -2.17. The zero-order valence-electron chi connectivity index (χ0n) is 13.4. The molecule has 0 fully saturated rings. The van der Waals surface area contributed by atoms with Crippen molar-refractivity contribution in [3.8, 4) is 0 Å². The molecule has 24 heavy (non-hydrogen) atoms. The van der Waals surface area contributed by atoms with Crippen LogP contribution in [0.1, 0.15) is 33.8 Å². The number of carbonyl (C=O) groups is 1. The van der Waals surface area contributed by atoms with Crippen LogP contribution in [0.2, 0.25) is 0 Å². The molecule has 1 unspecified atom stereocenters. The van der Waals surface area contributed by atoms with Crippen LogP contribution in [0.3, 0.4) is 0 Å². The van der Waals surface area contributed by atoms with Crippen LogP contribution in [0.15, 0.2) is 48.5 Å². The van der Waals surface area contributed by atoms with Crippen LogP contribution in [0.4, 0.5) is 5.69 Å². The Labute approximate surface area is 140 Å². The van der Waals surface area contributed by atoms with Crippen LogP contribution < -0.4 is 5.32 Å². The van der Waals surface area contributed by atoms with Gasteiger partial charge >= 0.3 is 0 Å². The molecule has 0 aliphatic carbocycles. The molecule has 0 bridgehead atoms. The zero-order valence-corrected chi connectivity index (χ0v) is 13.4. The molecule has 0 spiro atoms. The van der Waals surface area contributed by atoms with E-state index in [4.69, 9.17) is 0 Å². The van der Waals surface area contributed by atoms with Crippen LogP contribution in [-0.4, -0.2) is 29.1 Å². The summed E-state index contributed by atoms with van der Waals surface area (Å²) in [5.41, 5.74) is 1.62. The Kier molecular flexibility index (Phi) is 6.03. The average Bonchev–Trinajstić information content (AvgIpc) is 2.58. The molecule has 1 amide bonds. The minimum Gasteiger partial charge on any atom is -0.396 e. The number of hydrogen-bond donors (Lipinski definition) is 2. The van der Waals surface area contributed by atoms with Crippen molar-refractivity contribution in [1.29, 1.82) is 0 Å². The molecular formula is C18H20N2O4. The molecule has 0 heterocycles. The summed E-state index contributed by atoms with van der Waals surface area (Å²) in [4.78, 5) is 22.9. The molecular weight excluding hydrogens is 308 g/mol. The van der Waals surface area contributed by atoms with Gasteiger partial charge in [-0.25, -0.2) is 0 Å². The van der Waals surface area contributed by atoms with Gasteiger partial charge in [-0.1, -0.05) is 36.4 Å². The molecule has 0 aliphatic rings. The van der Waals surface area contributed by atoms with Crippen molar-refractivity contribution in [2.75, 3.05) is 13.2 Å². The topological polar surface area (TPSA) is 92.5 Å². The van der Waals surface area contributed by atoms with Gasteiger partial charge in [0.2, 0.25) is 0 Å². The smallest absolute Gasteiger partial charge is 0.282 e. The van der Waals surface area contributed by atoms with Gasteiger partial charge in [0.05, 0.1) is 4.92 Å². The normalized spacial score (nSPS) is 11.8. The van der Waals surface area contributed by atoms with Gasteiger partial charge in [-0.2, -0.15) is 0 Å². The largest absolute Gasteiger partial charge is 0.396 e. The molecule has 1 atom stereocenters. The molecule has 2 rings (SSSR count). The van der Waals surface area contributed by atoms with Gasteiger partial charge in [0, 0.05) is 25.1 Å². The molecule has 2 N–H and O–H groups in total. The van der Waals surface area contributed by atoms with E-state index in [0.29, 0.717) is 13.0 Å². The second kappa shape index (κ2) is 8.21. The molecule has 0 aliphatic heterocycles. The molecule has 0 aromatic heterocycles. The highest BCUT2D eigenvalue weighted by atomic mass is 16.6. The van der Waals surface area contributed by atoms with Gasteiger partial charge in [-0.15, -0.1) is 0 Å². The summed E-state index contributed by atoms with van der Waals surface area (Å²) in [6.45, 7) is 2.08. The summed E-state index contributed by atoms with van der Waals surface area (Å²) in [6, 6.07) is 14.0. The maximum absolute atomic E-state index is 12.4. The van der Waals surface area contributed by atoms with Crippen LogP contribution in [-0.2, 0) is 0 Å². The van der Waals surface area contributed by atoms with E-state index in [9.17, 15) is 20.0 Å². The van der Waals surface area contributed by atoms with Crippen molar-refractivity contribution < 1.29 is 14.8 Å². The number of hydrogen-bond acceptors (Lipinski definition) is 4. The minimum absolute atomic E-state index is 0.0000241. The fourth-order valence-corrected chi connectivity index (χ4v) is 2.57. The highest BCUT2D eigenvalue weighted by Crippen LogP contribution is 2.21. The van der Waals surface area contributed by atoms with Crippen molar-refractivity contribution in [2.45, 2.75) is 19.3 Å². The van der Waals surface area contributed by atoms with Crippen LogP contribution >= 0.6 is 0 Å². The second-order valence-electron chi connectivity index (χ2n) is 5.61. The Morgan fingerprint density at radius 1 is 1.25 bits per heavy atom. The van der Waals surface area contributed by atoms with Gasteiger partial charge in [0.25, 0.3) is 11.6 Å². The average molecular weight is 328 g/mol. The monoisotopic (exact) mass is 328 g/mol. The van der Waals surface area contributed by atoms with Crippen LogP contribution in [0.25, 0.3) is 0 Å². The fraction of sp³-hybridized carbons (Fsp3) is 0.278. The first-order valence-electron chi connectivity index (χ1n) is 7.72. The van der Waals surface area contributed by atoms with Crippen molar-refractivity contribution in [3.05, 3.63) is 75.3 Å². The number of aliphatic hydroxyl groups is 1. The first-order chi connectivity index (χ1) is 11.5. The number of nitrogens with zero attached hydrogens (tertiary/aromatic N) is 1. The van der Waals surface area contributed by atoms with Crippen molar-refractivity contribution in [2.24, 2.45) is 0 Å². The number of benzene rings is 2. The molecule has 0 saturated carbocycles. The van der Waals surface area contributed by atoms with Crippen molar-refractivity contribution in [1.82, 2.24) is 5.32 Å². The summed E-state index contributed by atoms with van der Waals surface area (Å²) in [5.74, 6) is -0.534. The maximum atomic E-state index is 12.4. The van der Waals surface area contributed by atoms with Gasteiger partial charge in [-0.3, -0.25) is 14.9 Å². The number of nitro benzene ring substituents is 1. The number of aliphatic hydroxyl groups excluding tert-OH is 1. The highest BCUT2D eigenvalue weighted by molar-refractivity contribution is 5.98. The summed E-state index contributed by atoms with van der Waals surface area (Å²) in [7, 11) is 0. The van der Waals surface area contributed by atoms with E-state index < -0.39 is 10.8 Å². The predicted octanol–water partition coefficient (Wildman–Crippen LogP) is 2.80. The first kappa shape index (κ1) is 17.6. The summed E-state index contributed by atoms with van der Waals surface area (Å²) >= 11 is 0. The Balaban J connectivity index is 2.14. The molecule has 6 heteroatoms. The molecule has 126 valence electrons. The Morgan fingerprint density at radius 3 is 2.58 bits per heavy atom. The van der Waals surface area contributed by atoms with E-state index in [1.165, 1.54) is 12.1 Å². The summed E-state index contributed by atoms with van der Waals surface area (Å²) in [5, 5.41) is 23.1. The van der Waals surface area contributed by atoms with E-state index in [0.717, 1.165) is 11.1 Å². The third kappa shape index (κ3) is 4.39. The number of amides is 1. The zero-order chi connectivity index (χ0) is 17.5. The quantitative estimate of drug-likeness (QED) is 0.604. The lowest BCUT2D eigenvalue weighted by Crippen LogP contribution is -2.29. The van der Waals surface area contributed by atoms with E-state index in [1.807, 2.05) is 30.3 Å². The number of carbonyl (C=O) groups excluding carboxylic acids is 1. The molecule has 2 aromatic rings. The van der Waals surface area contributed by atoms with Crippen molar-refractivity contribution >= 4 is 11.6 Å². The number of aryl methyl sites for hydroxylation is 1. The summed E-state index contributed by atoms with van der Waals surface area (Å²) < 4.78 is 0. The van der Waals surface area contributed by atoms with E-state index >= 15 is 0 Å². The summed E-state index contributed by atoms with van der Waals surface area (Å²) in [6.07, 6.45) is 0.500. The van der Waals surface area contributed by atoms with E-state index in [2.05, 4.69) is 5.32 Å². The van der Waals surface area contributed by atoms with Crippen LogP contribution in [0.5, 0.6) is 0 Å². The lowest BCUT2D eigenvalue weighted by atomic mass is 9.96. The standard InChI is InChI=1S/C18H20N2O4/c1-13-7-8-17(20(23)24)16(11-13)18(22)19-12-15(9-10-21)14-5-3-2-4-6-14/h2-8,11,15,21H,9-10,12H2,1H3,(H,19,22). The number of rotatable bonds is 7. The second-order valence-corrected chi connectivity index (χ2v) is 5.61. The predicted molar refractivity (Wildman–Crippen MR) is 91.1 cm³/mol. The third-order valence-corrected chi connectivity index (χ3v) is 3.85. The van der Waals surface area contributed by atoms with Crippen molar-refractivity contribution in [3.63, 3.8) is 0 Å². The highest BCUT2D eigenvalue weighted by Gasteiger charge is 2.21. The Bertz CT molecular complexity index is 716. The third-order valence-electron chi connectivity index (χ3n) is 3.85. The Morgan fingerprint density at radius 2 is 1.96 bits per heavy atom. The lowest BCUT2D eigenvalue weighted by molar-refractivity contribution is -0.385. The van der Waals surface area contributed by atoms with Gasteiger partial charge in [-0.05, 0) is 30.5 Å².